The molecule has 0 aliphatic rings. The summed E-state index contributed by atoms with van der Waals surface area (Å²) >= 11 is 0. The van der Waals surface area contributed by atoms with Crippen LogP contribution >= 0.6 is 0 Å². The molecule has 0 heterocycles. The zero-order valence-electron chi connectivity index (χ0n) is 10.3. The van der Waals surface area contributed by atoms with Crippen LogP contribution in [0.3, 0.4) is 0 Å². The first-order valence-corrected chi connectivity index (χ1v) is 6.12. The number of allylic oxidation sites excluding steroid dienone is 2. The normalized spacial score (nSPS) is 10.0. The fraction of sp³-hybridized carbons (Fsp3) is 0.0556. The molecule has 0 bridgehead atoms. The Hall–Kier alpha value is -2.30. The van der Waals surface area contributed by atoms with E-state index >= 15 is 0 Å². The molecule has 0 fully saturated rings. The van der Waals surface area contributed by atoms with Crippen LogP contribution in [0.1, 0.15) is 11.1 Å². The van der Waals surface area contributed by atoms with Gasteiger partial charge >= 0.3 is 0 Å². The van der Waals surface area contributed by atoms with Crippen molar-refractivity contribution in [2.24, 2.45) is 0 Å². The van der Waals surface area contributed by atoms with Gasteiger partial charge in [0.25, 0.3) is 0 Å². The third-order valence-electron chi connectivity index (χ3n) is 2.58. The Balaban J connectivity index is 1.86. The quantitative estimate of drug-likeness (QED) is 0.531. The molecule has 0 radical (unpaired) electrons. The average Bonchev–Trinajstić information content (AvgIpc) is 2.45. The molecule has 2 rings (SSSR count). The van der Waals surface area contributed by atoms with Crippen molar-refractivity contribution in [3.8, 4) is 0 Å². The van der Waals surface area contributed by atoms with Crippen molar-refractivity contribution < 1.29 is 0 Å². The summed E-state index contributed by atoms with van der Waals surface area (Å²) < 4.78 is 0. The SMILES string of the molecule is C(=C/C=C/c1ccccc1)=CCc1ccccc1. The summed E-state index contributed by atoms with van der Waals surface area (Å²) in [6, 6.07) is 20.7. The largest absolute Gasteiger partial charge is 0.125 e. The van der Waals surface area contributed by atoms with Crippen LogP contribution in [-0.2, 0) is 6.42 Å². The van der Waals surface area contributed by atoms with Crippen molar-refractivity contribution in [1.29, 1.82) is 0 Å². The summed E-state index contributed by atoms with van der Waals surface area (Å²) in [5, 5.41) is 0. The Morgan fingerprint density at radius 3 is 2.22 bits per heavy atom. The molecule has 2 aromatic rings. The summed E-state index contributed by atoms with van der Waals surface area (Å²) in [6.07, 6.45) is 9.00. The van der Waals surface area contributed by atoms with Gasteiger partial charge in [-0.15, -0.1) is 5.73 Å². The average molecular weight is 232 g/mol. The van der Waals surface area contributed by atoms with Gasteiger partial charge in [-0.3, -0.25) is 0 Å². The number of rotatable bonds is 4. The molecule has 18 heavy (non-hydrogen) atoms. The Labute approximate surface area is 109 Å². The zero-order valence-corrected chi connectivity index (χ0v) is 10.3. The lowest BCUT2D eigenvalue weighted by Gasteiger charge is -1.91. The molecule has 0 N–H and O–H groups in total. The monoisotopic (exact) mass is 232 g/mol. The lowest BCUT2D eigenvalue weighted by molar-refractivity contribution is 1.27. The van der Waals surface area contributed by atoms with Crippen molar-refractivity contribution >= 4 is 6.08 Å². The molecule has 0 nitrogen and oxygen atoms in total. The maximum Gasteiger partial charge on any atom is -0.00213 e. The fourth-order valence-electron chi connectivity index (χ4n) is 1.64. The van der Waals surface area contributed by atoms with Crippen LogP contribution in [0.4, 0.5) is 0 Å². The van der Waals surface area contributed by atoms with E-state index in [-0.39, 0.29) is 0 Å². The molecule has 0 saturated carbocycles. The van der Waals surface area contributed by atoms with Crippen molar-refractivity contribution in [3.05, 3.63) is 95.7 Å². The van der Waals surface area contributed by atoms with Gasteiger partial charge in [-0.2, -0.15) is 0 Å². The highest BCUT2D eigenvalue weighted by atomic mass is 13.9. The second-order valence-electron chi connectivity index (χ2n) is 4.00. The van der Waals surface area contributed by atoms with Crippen molar-refractivity contribution in [1.82, 2.24) is 0 Å². The lowest BCUT2D eigenvalue weighted by Crippen LogP contribution is -1.76. The maximum atomic E-state index is 3.17. The van der Waals surface area contributed by atoms with Gasteiger partial charge in [0.2, 0.25) is 0 Å². The van der Waals surface area contributed by atoms with E-state index in [1.165, 1.54) is 11.1 Å². The summed E-state index contributed by atoms with van der Waals surface area (Å²) in [5.41, 5.74) is 5.68. The van der Waals surface area contributed by atoms with Crippen LogP contribution in [0.2, 0.25) is 0 Å². The zero-order chi connectivity index (χ0) is 12.5. The van der Waals surface area contributed by atoms with E-state index in [4.69, 9.17) is 0 Å². The second kappa shape index (κ2) is 7.11. The molecule has 88 valence electrons. The third kappa shape index (κ3) is 4.29. The summed E-state index contributed by atoms with van der Waals surface area (Å²) in [5.74, 6) is 0. The van der Waals surface area contributed by atoms with Crippen molar-refractivity contribution in [3.63, 3.8) is 0 Å². The van der Waals surface area contributed by atoms with Gasteiger partial charge in [0.05, 0.1) is 0 Å². The highest BCUT2D eigenvalue weighted by Crippen LogP contribution is 2.01. The lowest BCUT2D eigenvalue weighted by atomic mass is 10.1. The first-order valence-electron chi connectivity index (χ1n) is 6.12. The molecule has 0 unspecified atom stereocenters. The van der Waals surface area contributed by atoms with Gasteiger partial charge in [0.15, 0.2) is 0 Å². The van der Waals surface area contributed by atoms with Crippen LogP contribution in [-0.4, -0.2) is 0 Å². The van der Waals surface area contributed by atoms with E-state index in [1.54, 1.807) is 0 Å². The predicted molar refractivity (Wildman–Crippen MR) is 78.3 cm³/mol. The standard InChI is InChI=1S/C18H16/c1(5-11-17-13-7-3-8-14-17)2-6-12-18-15-9-4-10-16-18/h1,3-11,13-16H,12H2/b11-5+. The first-order chi connectivity index (χ1) is 8.95. The predicted octanol–water partition coefficient (Wildman–Crippen LogP) is 4.65. The topological polar surface area (TPSA) is 0 Å². The van der Waals surface area contributed by atoms with Crippen LogP contribution in [0, 0.1) is 0 Å². The molecule has 0 amide bonds. The van der Waals surface area contributed by atoms with Gasteiger partial charge in [0, 0.05) is 0 Å². The summed E-state index contributed by atoms with van der Waals surface area (Å²) in [6.45, 7) is 0. The summed E-state index contributed by atoms with van der Waals surface area (Å²) in [7, 11) is 0. The minimum absolute atomic E-state index is 0.927. The fourth-order valence-corrected chi connectivity index (χ4v) is 1.64. The van der Waals surface area contributed by atoms with Crippen LogP contribution in [0.5, 0.6) is 0 Å². The van der Waals surface area contributed by atoms with E-state index in [9.17, 15) is 0 Å². The van der Waals surface area contributed by atoms with Crippen LogP contribution in [0.15, 0.2) is 84.6 Å². The molecule has 2 aromatic carbocycles. The second-order valence-corrected chi connectivity index (χ2v) is 4.00. The highest BCUT2D eigenvalue weighted by Gasteiger charge is 1.83. The number of benzene rings is 2. The first kappa shape index (κ1) is 12.2. The molecule has 0 aliphatic heterocycles. The number of hydrogen-bond donors (Lipinski definition) is 0. The molecular formula is C18H16. The Kier molecular flexibility index (Phi) is 4.80. The van der Waals surface area contributed by atoms with Gasteiger partial charge in [-0.25, -0.2) is 0 Å². The van der Waals surface area contributed by atoms with E-state index in [1.807, 2.05) is 42.5 Å². The molecule has 0 atom stereocenters. The smallest absolute Gasteiger partial charge is 0.00213 e. The van der Waals surface area contributed by atoms with Crippen LogP contribution < -0.4 is 0 Å². The maximum absolute atomic E-state index is 3.17. The minimum Gasteiger partial charge on any atom is -0.125 e. The van der Waals surface area contributed by atoms with Crippen molar-refractivity contribution in [2.75, 3.05) is 0 Å². The van der Waals surface area contributed by atoms with Gasteiger partial charge in [0.1, 0.15) is 0 Å². The van der Waals surface area contributed by atoms with E-state index in [0.29, 0.717) is 0 Å². The highest BCUT2D eigenvalue weighted by molar-refractivity contribution is 5.50. The molecular weight excluding hydrogens is 216 g/mol. The Morgan fingerprint density at radius 1 is 0.833 bits per heavy atom. The Bertz CT molecular complexity index is 541. The Morgan fingerprint density at radius 2 is 1.50 bits per heavy atom. The molecule has 0 heteroatoms. The third-order valence-corrected chi connectivity index (χ3v) is 2.58. The molecule has 0 spiro atoms. The molecule has 0 aromatic heterocycles. The molecule has 0 saturated heterocycles. The van der Waals surface area contributed by atoms with E-state index in [0.717, 1.165) is 6.42 Å². The summed E-state index contributed by atoms with van der Waals surface area (Å²) in [4.78, 5) is 0. The number of hydrogen-bond acceptors (Lipinski definition) is 0. The van der Waals surface area contributed by atoms with Crippen LogP contribution in [0.25, 0.3) is 6.08 Å². The van der Waals surface area contributed by atoms with Crippen molar-refractivity contribution in [2.45, 2.75) is 6.42 Å². The minimum atomic E-state index is 0.927. The van der Waals surface area contributed by atoms with Gasteiger partial charge in [-0.05, 0) is 29.7 Å². The van der Waals surface area contributed by atoms with E-state index < -0.39 is 0 Å². The van der Waals surface area contributed by atoms with E-state index in [2.05, 4.69) is 48.2 Å². The van der Waals surface area contributed by atoms with Gasteiger partial charge in [-0.1, -0.05) is 72.8 Å². The molecule has 0 aliphatic carbocycles. The van der Waals surface area contributed by atoms with Gasteiger partial charge < -0.3 is 0 Å².